The highest BCUT2D eigenvalue weighted by Gasteiger charge is 2.47. The number of benzene rings is 1. The van der Waals surface area contributed by atoms with Crippen LogP contribution in [0.15, 0.2) is 30.3 Å². The van der Waals surface area contributed by atoms with Crippen LogP contribution in [0.1, 0.15) is 88.4 Å². The van der Waals surface area contributed by atoms with Crippen LogP contribution in [-0.2, 0) is 4.79 Å². The number of aliphatic hydroxyl groups is 1. The Morgan fingerprint density at radius 1 is 1.08 bits per heavy atom. The Bertz CT molecular complexity index is 576. The van der Waals surface area contributed by atoms with E-state index in [4.69, 9.17) is 0 Å². The molecule has 2 rings (SSSR count). The van der Waals surface area contributed by atoms with Crippen molar-refractivity contribution in [1.29, 1.82) is 0 Å². The van der Waals surface area contributed by atoms with Crippen molar-refractivity contribution in [2.45, 2.75) is 83.7 Å². The molecule has 1 N–H and O–H groups in total. The number of carbonyl (C=O) groups excluding carboxylic acids is 2. The molecule has 0 radical (unpaired) electrons. The van der Waals surface area contributed by atoms with Gasteiger partial charge in [0.15, 0.2) is 5.78 Å². The van der Waals surface area contributed by atoms with Gasteiger partial charge in [-0.25, -0.2) is 0 Å². The van der Waals surface area contributed by atoms with Gasteiger partial charge in [0.1, 0.15) is 5.78 Å². The van der Waals surface area contributed by atoms with E-state index in [1.807, 2.05) is 18.2 Å². The van der Waals surface area contributed by atoms with Crippen molar-refractivity contribution in [1.82, 2.24) is 0 Å². The number of hydrogen-bond donors (Lipinski definition) is 1. The van der Waals surface area contributed by atoms with E-state index in [9.17, 15) is 14.7 Å². The summed E-state index contributed by atoms with van der Waals surface area (Å²) in [5, 5.41) is 10.9. The maximum Gasteiger partial charge on any atom is 0.169 e. The molecule has 3 heteroatoms. The molecule has 1 aliphatic carbocycles. The summed E-state index contributed by atoms with van der Waals surface area (Å²) in [6, 6.07) is 9.09. The van der Waals surface area contributed by atoms with Gasteiger partial charge in [-0.1, -0.05) is 69.4 Å². The standard InChI is InChI=1S/C23H34O3/c1-3-4-5-6-7-11-16-20(24)19-15-12-17-23(2,26)21(19)22(25)18-13-9-8-10-14-18/h8-10,13-14,19,21,26H,3-7,11-12,15-17H2,1-2H3/t19-,21+,23+/m0/s1. The lowest BCUT2D eigenvalue weighted by Crippen LogP contribution is -2.49. The number of ketones is 2. The van der Waals surface area contributed by atoms with Crippen LogP contribution in [0.25, 0.3) is 0 Å². The topological polar surface area (TPSA) is 54.4 Å². The largest absolute Gasteiger partial charge is 0.389 e. The van der Waals surface area contributed by atoms with Crippen molar-refractivity contribution < 1.29 is 14.7 Å². The van der Waals surface area contributed by atoms with E-state index in [1.165, 1.54) is 25.7 Å². The molecule has 1 fully saturated rings. The monoisotopic (exact) mass is 358 g/mol. The first-order valence-corrected chi connectivity index (χ1v) is 10.3. The minimum atomic E-state index is -1.10. The maximum atomic E-state index is 13.1. The molecule has 0 bridgehead atoms. The van der Waals surface area contributed by atoms with Crippen molar-refractivity contribution in [3.05, 3.63) is 35.9 Å². The van der Waals surface area contributed by atoms with Crippen LogP contribution >= 0.6 is 0 Å². The quantitative estimate of drug-likeness (QED) is 0.453. The fourth-order valence-electron chi connectivity index (χ4n) is 4.29. The maximum absolute atomic E-state index is 13.1. The van der Waals surface area contributed by atoms with Gasteiger partial charge in [0.05, 0.1) is 11.5 Å². The molecule has 144 valence electrons. The van der Waals surface area contributed by atoms with Crippen molar-refractivity contribution in [2.75, 3.05) is 0 Å². The predicted octanol–water partition coefficient (Wildman–Crippen LogP) is 5.36. The first-order valence-electron chi connectivity index (χ1n) is 10.3. The predicted molar refractivity (Wildman–Crippen MR) is 105 cm³/mol. The average Bonchev–Trinajstić information content (AvgIpc) is 2.63. The molecule has 0 spiro atoms. The van der Waals surface area contributed by atoms with Crippen LogP contribution in [-0.4, -0.2) is 22.3 Å². The zero-order chi connectivity index (χ0) is 19.0. The van der Waals surface area contributed by atoms with Gasteiger partial charge in [-0.05, 0) is 32.6 Å². The van der Waals surface area contributed by atoms with Crippen molar-refractivity contribution in [3.8, 4) is 0 Å². The summed E-state index contributed by atoms with van der Waals surface area (Å²) in [6.07, 6.45) is 9.49. The van der Waals surface area contributed by atoms with E-state index in [0.717, 1.165) is 19.3 Å². The number of carbonyl (C=O) groups is 2. The van der Waals surface area contributed by atoms with Gasteiger partial charge < -0.3 is 5.11 Å². The normalized spacial score (nSPS) is 25.8. The minimum Gasteiger partial charge on any atom is -0.389 e. The van der Waals surface area contributed by atoms with Gasteiger partial charge in [-0.15, -0.1) is 0 Å². The fourth-order valence-corrected chi connectivity index (χ4v) is 4.29. The number of rotatable bonds is 10. The van der Waals surface area contributed by atoms with E-state index in [1.54, 1.807) is 19.1 Å². The average molecular weight is 359 g/mol. The molecule has 26 heavy (non-hydrogen) atoms. The molecular weight excluding hydrogens is 324 g/mol. The van der Waals surface area contributed by atoms with E-state index >= 15 is 0 Å². The number of Topliss-reactive ketones (excluding diaryl/α,β-unsaturated/α-hetero) is 2. The summed E-state index contributed by atoms with van der Waals surface area (Å²) in [4.78, 5) is 25.9. The molecule has 3 atom stereocenters. The van der Waals surface area contributed by atoms with Gasteiger partial charge >= 0.3 is 0 Å². The molecule has 1 aromatic carbocycles. The van der Waals surface area contributed by atoms with E-state index < -0.39 is 11.5 Å². The highest BCUT2D eigenvalue weighted by Crippen LogP contribution is 2.41. The third kappa shape index (κ3) is 5.51. The van der Waals surface area contributed by atoms with Gasteiger partial charge in [-0.2, -0.15) is 0 Å². The van der Waals surface area contributed by atoms with Crippen molar-refractivity contribution >= 4 is 11.6 Å². The zero-order valence-electron chi connectivity index (χ0n) is 16.4. The minimum absolute atomic E-state index is 0.0865. The molecule has 0 aromatic heterocycles. The summed E-state index contributed by atoms with van der Waals surface area (Å²) in [5.74, 6) is -0.889. The Kier molecular flexibility index (Phi) is 8.02. The Morgan fingerprint density at radius 2 is 1.73 bits per heavy atom. The van der Waals surface area contributed by atoms with Crippen molar-refractivity contribution in [3.63, 3.8) is 0 Å². The van der Waals surface area contributed by atoms with Crippen LogP contribution in [0.2, 0.25) is 0 Å². The first kappa shape index (κ1) is 20.8. The molecule has 1 saturated carbocycles. The Labute approximate surface area is 158 Å². The van der Waals surface area contributed by atoms with E-state index in [-0.39, 0.29) is 17.5 Å². The molecule has 1 aliphatic rings. The van der Waals surface area contributed by atoms with Crippen LogP contribution in [0.4, 0.5) is 0 Å². The molecule has 0 amide bonds. The second-order valence-electron chi connectivity index (χ2n) is 8.05. The summed E-state index contributed by atoms with van der Waals surface area (Å²) in [5.41, 5.74) is -0.510. The molecule has 1 aromatic rings. The molecule has 3 nitrogen and oxygen atoms in total. The van der Waals surface area contributed by atoms with Gasteiger partial charge in [0.2, 0.25) is 0 Å². The number of unbranched alkanes of at least 4 members (excludes halogenated alkanes) is 5. The molecule has 0 aliphatic heterocycles. The molecule has 0 heterocycles. The Balaban J connectivity index is 2.02. The van der Waals surface area contributed by atoms with E-state index in [0.29, 0.717) is 24.8 Å². The van der Waals surface area contributed by atoms with Crippen LogP contribution in [0, 0.1) is 11.8 Å². The molecule has 0 unspecified atom stereocenters. The van der Waals surface area contributed by atoms with Gasteiger partial charge in [0, 0.05) is 17.9 Å². The lowest BCUT2D eigenvalue weighted by molar-refractivity contribution is -0.131. The summed E-state index contributed by atoms with van der Waals surface area (Å²) in [7, 11) is 0. The second-order valence-corrected chi connectivity index (χ2v) is 8.05. The van der Waals surface area contributed by atoms with Gasteiger partial charge in [-0.3, -0.25) is 9.59 Å². The van der Waals surface area contributed by atoms with Gasteiger partial charge in [0.25, 0.3) is 0 Å². The van der Waals surface area contributed by atoms with Crippen LogP contribution in [0.3, 0.4) is 0 Å². The summed E-state index contributed by atoms with van der Waals surface area (Å²) in [6.45, 7) is 3.92. The lowest BCUT2D eigenvalue weighted by atomic mass is 9.65. The lowest BCUT2D eigenvalue weighted by Gasteiger charge is -2.41. The first-order chi connectivity index (χ1) is 12.5. The number of hydrogen-bond acceptors (Lipinski definition) is 3. The molecular formula is C23H34O3. The fraction of sp³-hybridized carbons (Fsp3) is 0.652. The van der Waals surface area contributed by atoms with Crippen molar-refractivity contribution in [2.24, 2.45) is 11.8 Å². The Hall–Kier alpha value is -1.48. The van der Waals surface area contributed by atoms with Crippen LogP contribution < -0.4 is 0 Å². The zero-order valence-corrected chi connectivity index (χ0v) is 16.4. The second kappa shape index (κ2) is 10.0. The highest BCUT2D eigenvalue weighted by molar-refractivity contribution is 6.01. The third-order valence-electron chi connectivity index (χ3n) is 5.80. The smallest absolute Gasteiger partial charge is 0.169 e. The summed E-state index contributed by atoms with van der Waals surface area (Å²) < 4.78 is 0. The Morgan fingerprint density at radius 3 is 2.42 bits per heavy atom. The highest BCUT2D eigenvalue weighted by atomic mass is 16.3. The SMILES string of the molecule is CCCCCCCCC(=O)[C@@H]1CCC[C@@](C)(O)[C@H]1C(=O)c1ccccc1. The van der Waals surface area contributed by atoms with Crippen LogP contribution in [0.5, 0.6) is 0 Å². The molecule has 0 saturated heterocycles. The third-order valence-corrected chi connectivity index (χ3v) is 5.80. The van der Waals surface area contributed by atoms with E-state index in [2.05, 4.69) is 6.92 Å². The summed E-state index contributed by atoms with van der Waals surface area (Å²) >= 11 is 0.